The van der Waals surface area contributed by atoms with Gasteiger partial charge in [0.15, 0.2) is 0 Å². The fourth-order valence-electron chi connectivity index (χ4n) is 6.72. The molecule has 0 saturated carbocycles. The first-order chi connectivity index (χ1) is 20.8. The molecule has 0 radical (unpaired) electrons. The minimum Gasteiger partial charge on any atom is -0.464 e. The zero-order chi connectivity index (χ0) is 27.6. The van der Waals surface area contributed by atoms with Crippen molar-refractivity contribution in [1.29, 1.82) is 0 Å². The molecule has 2 aromatic heterocycles. The van der Waals surface area contributed by atoms with Crippen molar-refractivity contribution in [1.82, 2.24) is 0 Å². The maximum Gasteiger partial charge on any atom is 0.136 e. The molecule has 42 heavy (non-hydrogen) atoms. The van der Waals surface area contributed by atoms with Crippen LogP contribution in [0.4, 0.5) is 0 Å². The molecule has 2 heteroatoms. The van der Waals surface area contributed by atoms with E-state index in [1.807, 2.05) is 24.5 Å². The second kappa shape index (κ2) is 8.95. The molecule has 0 bridgehead atoms. The normalized spacial score (nSPS) is 11.8. The Morgan fingerprint density at radius 1 is 0.333 bits per heavy atom. The molecule has 2 nitrogen and oxygen atoms in total. The minimum absolute atomic E-state index is 0.857. The van der Waals surface area contributed by atoms with E-state index in [1.165, 1.54) is 49.4 Å². The summed E-state index contributed by atoms with van der Waals surface area (Å²) in [5.74, 6) is 0. The van der Waals surface area contributed by atoms with Gasteiger partial charge in [0, 0.05) is 27.3 Å². The molecule has 0 amide bonds. The summed E-state index contributed by atoms with van der Waals surface area (Å²) in [5.41, 5.74) is 9.77. The number of hydrogen-bond acceptors (Lipinski definition) is 2. The number of rotatable bonds is 3. The minimum atomic E-state index is 0.857. The first-order valence-electron chi connectivity index (χ1n) is 14.3. The molecule has 7 aromatic carbocycles. The Hall–Kier alpha value is -5.60. The molecule has 2 heterocycles. The average molecular weight is 537 g/mol. The van der Waals surface area contributed by atoms with Crippen molar-refractivity contribution in [3.8, 4) is 33.4 Å². The van der Waals surface area contributed by atoms with Crippen molar-refractivity contribution in [2.24, 2.45) is 0 Å². The van der Waals surface area contributed by atoms with Crippen LogP contribution in [0.3, 0.4) is 0 Å². The van der Waals surface area contributed by atoms with Crippen molar-refractivity contribution in [3.63, 3.8) is 0 Å². The van der Waals surface area contributed by atoms with Crippen LogP contribution in [0.1, 0.15) is 0 Å². The molecule has 9 aromatic rings. The fourth-order valence-corrected chi connectivity index (χ4v) is 6.72. The largest absolute Gasteiger partial charge is 0.464 e. The van der Waals surface area contributed by atoms with Crippen LogP contribution in [-0.4, -0.2) is 0 Å². The topological polar surface area (TPSA) is 26.3 Å². The van der Waals surface area contributed by atoms with Gasteiger partial charge < -0.3 is 8.83 Å². The number of benzene rings is 7. The van der Waals surface area contributed by atoms with Crippen molar-refractivity contribution in [2.75, 3.05) is 0 Å². The Morgan fingerprint density at radius 3 is 1.55 bits per heavy atom. The lowest BCUT2D eigenvalue weighted by atomic mass is 9.84. The number of furan rings is 2. The van der Waals surface area contributed by atoms with E-state index in [0.29, 0.717) is 0 Å². The summed E-state index contributed by atoms with van der Waals surface area (Å²) in [5, 5.41) is 8.05. The maximum absolute atomic E-state index is 6.29. The summed E-state index contributed by atoms with van der Waals surface area (Å²) >= 11 is 0. The van der Waals surface area contributed by atoms with Gasteiger partial charge >= 0.3 is 0 Å². The highest BCUT2D eigenvalue weighted by Gasteiger charge is 2.21. The SMILES string of the molecule is c1ccc(-c2ccccc2-c2c3ccccc3c(-c3coc4cc5c(cc34)oc3ccccc35)c3ccccc23)cc1. The van der Waals surface area contributed by atoms with Crippen LogP contribution in [0.2, 0.25) is 0 Å². The molecular formula is C40H24O2. The second-order valence-electron chi connectivity index (χ2n) is 10.8. The summed E-state index contributed by atoms with van der Waals surface area (Å²) in [6.45, 7) is 0. The third-order valence-electron chi connectivity index (χ3n) is 8.55. The lowest BCUT2D eigenvalue weighted by Gasteiger charge is -2.19. The molecule has 0 aliphatic carbocycles. The summed E-state index contributed by atoms with van der Waals surface area (Å²) in [4.78, 5) is 0. The van der Waals surface area contributed by atoms with Gasteiger partial charge in [0.2, 0.25) is 0 Å². The Balaban J connectivity index is 1.38. The Morgan fingerprint density at radius 2 is 0.857 bits per heavy atom. The van der Waals surface area contributed by atoms with E-state index in [2.05, 4.69) is 121 Å². The van der Waals surface area contributed by atoms with Crippen molar-refractivity contribution in [2.45, 2.75) is 0 Å². The predicted octanol–water partition coefficient (Wildman–Crippen LogP) is 11.6. The molecule has 9 rings (SSSR count). The zero-order valence-corrected chi connectivity index (χ0v) is 22.7. The second-order valence-corrected chi connectivity index (χ2v) is 10.8. The van der Waals surface area contributed by atoms with E-state index in [1.54, 1.807) is 0 Å². The van der Waals surface area contributed by atoms with Gasteiger partial charge in [-0.25, -0.2) is 0 Å². The summed E-state index contributed by atoms with van der Waals surface area (Å²) in [6.07, 6.45) is 1.91. The van der Waals surface area contributed by atoms with Gasteiger partial charge in [-0.15, -0.1) is 0 Å². The van der Waals surface area contributed by atoms with E-state index in [0.717, 1.165) is 38.5 Å². The van der Waals surface area contributed by atoms with Gasteiger partial charge in [-0.3, -0.25) is 0 Å². The van der Waals surface area contributed by atoms with Gasteiger partial charge in [0.25, 0.3) is 0 Å². The zero-order valence-electron chi connectivity index (χ0n) is 22.7. The van der Waals surface area contributed by atoms with Crippen molar-refractivity contribution >= 4 is 54.5 Å². The highest BCUT2D eigenvalue weighted by molar-refractivity contribution is 6.24. The fraction of sp³-hybridized carbons (Fsp3) is 0. The van der Waals surface area contributed by atoms with Crippen LogP contribution >= 0.6 is 0 Å². The van der Waals surface area contributed by atoms with Gasteiger partial charge in [-0.1, -0.05) is 121 Å². The van der Waals surface area contributed by atoms with Gasteiger partial charge in [-0.05, 0) is 62.0 Å². The molecule has 0 aliphatic heterocycles. The molecule has 0 aliphatic rings. The molecular weight excluding hydrogens is 512 g/mol. The van der Waals surface area contributed by atoms with Crippen LogP contribution in [0.15, 0.2) is 155 Å². The Kier molecular flexibility index (Phi) is 4.93. The van der Waals surface area contributed by atoms with Crippen LogP contribution in [0.25, 0.3) is 87.8 Å². The molecule has 0 saturated heterocycles. The van der Waals surface area contributed by atoms with E-state index >= 15 is 0 Å². The van der Waals surface area contributed by atoms with E-state index in [4.69, 9.17) is 8.83 Å². The summed E-state index contributed by atoms with van der Waals surface area (Å²) < 4.78 is 12.6. The highest BCUT2D eigenvalue weighted by atomic mass is 16.3. The number of para-hydroxylation sites is 1. The third-order valence-corrected chi connectivity index (χ3v) is 8.55. The maximum atomic E-state index is 6.29. The van der Waals surface area contributed by atoms with E-state index < -0.39 is 0 Å². The first kappa shape index (κ1) is 23.1. The predicted molar refractivity (Wildman–Crippen MR) is 175 cm³/mol. The standard InChI is InChI=1S/C40H24O2/c1-2-12-25(13-3-1)26-14-4-5-16-28(26)39-29-17-6-8-19-31(29)40(32-20-9-7-18-30(32)39)35-24-41-37-22-33-27-15-10-11-21-36(27)42-38(33)23-34(35)37/h1-24H. The average Bonchev–Trinajstić information content (AvgIpc) is 3.63. The molecule has 0 fully saturated rings. The number of fused-ring (bicyclic) bond motifs is 6. The lowest BCUT2D eigenvalue weighted by Crippen LogP contribution is -1.92. The Bertz CT molecular complexity index is 2400. The quantitative estimate of drug-likeness (QED) is 0.210. The van der Waals surface area contributed by atoms with Crippen molar-refractivity contribution in [3.05, 3.63) is 146 Å². The molecule has 0 spiro atoms. The summed E-state index contributed by atoms with van der Waals surface area (Å²) in [7, 11) is 0. The van der Waals surface area contributed by atoms with Crippen LogP contribution in [0, 0.1) is 0 Å². The smallest absolute Gasteiger partial charge is 0.136 e. The van der Waals surface area contributed by atoms with Crippen LogP contribution < -0.4 is 0 Å². The number of hydrogen-bond donors (Lipinski definition) is 0. The highest BCUT2D eigenvalue weighted by Crippen LogP contribution is 2.48. The molecule has 0 atom stereocenters. The van der Waals surface area contributed by atoms with Gasteiger partial charge in [0.1, 0.15) is 16.7 Å². The van der Waals surface area contributed by atoms with E-state index in [9.17, 15) is 0 Å². The van der Waals surface area contributed by atoms with Crippen molar-refractivity contribution < 1.29 is 8.83 Å². The summed E-state index contributed by atoms with van der Waals surface area (Å²) in [6, 6.07) is 49.4. The van der Waals surface area contributed by atoms with E-state index in [-0.39, 0.29) is 0 Å². The molecule has 196 valence electrons. The van der Waals surface area contributed by atoms with Crippen LogP contribution in [0.5, 0.6) is 0 Å². The molecule has 0 unspecified atom stereocenters. The molecule has 0 N–H and O–H groups in total. The lowest BCUT2D eigenvalue weighted by molar-refractivity contribution is 0.617. The monoisotopic (exact) mass is 536 g/mol. The Labute approximate surface area is 242 Å². The van der Waals surface area contributed by atoms with Gasteiger partial charge in [-0.2, -0.15) is 0 Å². The van der Waals surface area contributed by atoms with Crippen LogP contribution in [-0.2, 0) is 0 Å². The first-order valence-corrected chi connectivity index (χ1v) is 14.3. The third kappa shape index (κ3) is 3.33. The van der Waals surface area contributed by atoms with Gasteiger partial charge in [0.05, 0.1) is 6.26 Å².